The number of hydrogen-bond acceptors (Lipinski definition) is 3. The Balaban J connectivity index is 2.82. The van der Waals surface area contributed by atoms with E-state index in [0.29, 0.717) is 6.54 Å². The van der Waals surface area contributed by atoms with Crippen molar-refractivity contribution in [1.82, 2.24) is 5.32 Å². The predicted octanol–water partition coefficient (Wildman–Crippen LogP) is 0.322. The topological polar surface area (TPSA) is 41.5 Å². The lowest BCUT2D eigenvalue weighted by Crippen LogP contribution is -2.17. The van der Waals surface area contributed by atoms with E-state index < -0.39 is 0 Å². The SMILES string of the molecule is CCCNCCN=C=O. The van der Waals surface area contributed by atoms with Gasteiger partial charge in [0.2, 0.25) is 6.08 Å². The maximum absolute atomic E-state index is 9.52. The van der Waals surface area contributed by atoms with Gasteiger partial charge in [0, 0.05) is 6.54 Å². The van der Waals surface area contributed by atoms with E-state index in [2.05, 4.69) is 17.2 Å². The molecule has 0 bridgehead atoms. The highest BCUT2D eigenvalue weighted by Crippen LogP contribution is 1.69. The molecule has 0 rings (SSSR count). The zero-order valence-corrected chi connectivity index (χ0v) is 5.68. The normalized spacial score (nSPS) is 8.56. The highest BCUT2D eigenvalue weighted by molar-refractivity contribution is 5.32. The summed E-state index contributed by atoms with van der Waals surface area (Å²) in [5.74, 6) is 0. The second kappa shape index (κ2) is 7.34. The predicted molar refractivity (Wildman–Crippen MR) is 36.1 cm³/mol. The summed E-state index contributed by atoms with van der Waals surface area (Å²) in [6.45, 7) is 4.41. The van der Waals surface area contributed by atoms with Gasteiger partial charge in [0.1, 0.15) is 0 Å². The second-order valence-electron chi connectivity index (χ2n) is 1.72. The molecule has 0 atom stereocenters. The van der Waals surface area contributed by atoms with E-state index in [9.17, 15) is 4.79 Å². The molecule has 0 heterocycles. The maximum Gasteiger partial charge on any atom is 0.234 e. The van der Waals surface area contributed by atoms with Gasteiger partial charge in [-0.25, -0.2) is 9.79 Å². The molecule has 0 aromatic heterocycles. The third kappa shape index (κ3) is 7.34. The molecular formula is C6H12N2O. The molecular weight excluding hydrogens is 116 g/mol. The van der Waals surface area contributed by atoms with Gasteiger partial charge in [-0.15, -0.1) is 0 Å². The first-order valence-electron chi connectivity index (χ1n) is 3.16. The summed E-state index contributed by atoms with van der Waals surface area (Å²) >= 11 is 0. The fourth-order valence-corrected chi connectivity index (χ4v) is 0.482. The monoisotopic (exact) mass is 128 g/mol. The van der Waals surface area contributed by atoms with Crippen molar-refractivity contribution < 1.29 is 4.79 Å². The van der Waals surface area contributed by atoms with Crippen LogP contribution in [0.15, 0.2) is 4.99 Å². The highest BCUT2D eigenvalue weighted by atomic mass is 16.1. The molecule has 0 aromatic rings. The van der Waals surface area contributed by atoms with E-state index in [1.165, 1.54) is 6.08 Å². The zero-order valence-electron chi connectivity index (χ0n) is 5.68. The minimum Gasteiger partial charge on any atom is -0.315 e. The van der Waals surface area contributed by atoms with E-state index in [1.807, 2.05) is 0 Å². The van der Waals surface area contributed by atoms with E-state index >= 15 is 0 Å². The molecule has 0 aliphatic heterocycles. The first-order chi connectivity index (χ1) is 4.41. The molecule has 0 unspecified atom stereocenters. The summed E-state index contributed by atoms with van der Waals surface area (Å²) in [5.41, 5.74) is 0. The summed E-state index contributed by atoms with van der Waals surface area (Å²) in [7, 11) is 0. The van der Waals surface area contributed by atoms with Crippen LogP contribution in [-0.2, 0) is 4.79 Å². The number of hydrogen-bond donors (Lipinski definition) is 1. The van der Waals surface area contributed by atoms with Crippen molar-refractivity contribution in [2.45, 2.75) is 13.3 Å². The molecule has 1 N–H and O–H groups in total. The molecule has 0 aliphatic carbocycles. The maximum atomic E-state index is 9.52. The van der Waals surface area contributed by atoms with Crippen LogP contribution >= 0.6 is 0 Å². The molecule has 0 saturated carbocycles. The van der Waals surface area contributed by atoms with Crippen molar-refractivity contribution in [1.29, 1.82) is 0 Å². The Hall–Kier alpha value is -0.660. The Morgan fingerprint density at radius 1 is 1.56 bits per heavy atom. The Morgan fingerprint density at radius 2 is 2.33 bits per heavy atom. The van der Waals surface area contributed by atoms with Crippen molar-refractivity contribution in [2.75, 3.05) is 19.6 Å². The average molecular weight is 128 g/mol. The summed E-state index contributed by atoms with van der Waals surface area (Å²) in [6.07, 6.45) is 2.60. The largest absolute Gasteiger partial charge is 0.315 e. The highest BCUT2D eigenvalue weighted by Gasteiger charge is 1.80. The fraction of sp³-hybridized carbons (Fsp3) is 0.833. The standard InChI is InChI=1S/C6H12N2O/c1-2-3-7-4-5-8-6-9/h7H,2-5H2,1H3. The van der Waals surface area contributed by atoms with Gasteiger partial charge in [0.05, 0.1) is 6.54 Å². The van der Waals surface area contributed by atoms with Crippen LogP contribution < -0.4 is 5.32 Å². The number of carbonyl (C=O) groups excluding carboxylic acids is 1. The molecule has 0 radical (unpaired) electrons. The minimum atomic E-state index is 0.545. The summed E-state index contributed by atoms with van der Waals surface area (Å²) in [6, 6.07) is 0. The molecule has 0 amide bonds. The molecule has 0 saturated heterocycles. The Bertz CT molecular complexity index is 97.2. The number of isocyanates is 1. The summed E-state index contributed by atoms with van der Waals surface area (Å²) in [5, 5.41) is 3.10. The second-order valence-corrected chi connectivity index (χ2v) is 1.72. The molecule has 0 spiro atoms. The summed E-state index contributed by atoms with van der Waals surface area (Å²) < 4.78 is 0. The van der Waals surface area contributed by atoms with Crippen LogP contribution in [-0.4, -0.2) is 25.7 Å². The van der Waals surface area contributed by atoms with Crippen molar-refractivity contribution in [3.8, 4) is 0 Å². The zero-order chi connectivity index (χ0) is 6.95. The van der Waals surface area contributed by atoms with Gasteiger partial charge in [-0.05, 0) is 13.0 Å². The minimum absolute atomic E-state index is 0.545. The van der Waals surface area contributed by atoms with E-state index in [-0.39, 0.29) is 0 Å². The number of aliphatic imine (C=N–C) groups is 1. The van der Waals surface area contributed by atoms with E-state index in [0.717, 1.165) is 19.5 Å². The van der Waals surface area contributed by atoms with Crippen molar-refractivity contribution in [2.24, 2.45) is 4.99 Å². The number of nitrogens with one attached hydrogen (secondary N) is 1. The Morgan fingerprint density at radius 3 is 2.89 bits per heavy atom. The van der Waals surface area contributed by atoms with Crippen molar-refractivity contribution >= 4 is 6.08 Å². The van der Waals surface area contributed by atoms with Crippen LogP contribution in [0.25, 0.3) is 0 Å². The van der Waals surface area contributed by atoms with Gasteiger partial charge < -0.3 is 5.32 Å². The van der Waals surface area contributed by atoms with Crippen molar-refractivity contribution in [3.63, 3.8) is 0 Å². The van der Waals surface area contributed by atoms with Crippen LogP contribution in [0.5, 0.6) is 0 Å². The Labute approximate surface area is 55.2 Å². The molecule has 0 fully saturated rings. The van der Waals surface area contributed by atoms with Gasteiger partial charge in [-0.1, -0.05) is 6.92 Å². The van der Waals surface area contributed by atoms with Crippen LogP contribution in [0, 0.1) is 0 Å². The van der Waals surface area contributed by atoms with E-state index in [1.54, 1.807) is 0 Å². The first kappa shape index (κ1) is 8.34. The molecule has 3 nitrogen and oxygen atoms in total. The third-order valence-corrected chi connectivity index (χ3v) is 0.892. The number of rotatable bonds is 5. The van der Waals surface area contributed by atoms with Crippen LogP contribution in [0.1, 0.15) is 13.3 Å². The van der Waals surface area contributed by atoms with E-state index in [4.69, 9.17) is 0 Å². The van der Waals surface area contributed by atoms with Gasteiger partial charge in [0.15, 0.2) is 0 Å². The quantitative estimate of drug-likeness (QED) is 0.329. The number of nitrogens with zero attached hydrogens (tertiary/aromatic N) is 1. The van der Waals surface area contributed by atoms with Gasteiger partial charge in [-0.2, -0.15) is 0 Å². The lowest BCUT2D eigenvalue weighted by molar-refractivity contribution is 0.561. The molecule has 0 aliphatic rings. The third-order valence-electron chi connectivity index (χ3n) is 0.892. The van der Waals surface area contributed by atoms with Crippen LogP contribution in [0.2, 0.25) is 0 Å². The lowest BCUT2D eigenvalue weighted by atomic mass is 10.5. The average Bonchev–Trinajstić information content (AvgIpc) is 1.89. The summed E-state index contributed by atoms with van der Waals surface area (Å²) in [4.78, 5) is 12.9. The van der Waals surface area contributed by atoms with Gasteiger partial charge in [0.25, 0.3) is 0 Å². The molecule has 3 heteroatoms. The van der Waals surface area contributed by atoms with Crippen molar-refractivity contribution in [3.05, 3.63) is 0 Å². The lowest BCUT2D eigenvalue weighted by Gasteiger charge is -1.95. The van der Waals surface area contributed by atoms with Gasteiger partial charge in [-0.3, -0.25) is 0 Å². The molecule has 9 heavy (non-hydrogen) atoms. The molecule has 0 aromatic carbocycles. The van der Waals surface area contributed by atoms with Gasteiger partial charge >= 0.3 is 0 Å². The fourth-order valence-electron chi connectivity index (χ4n) is 0.482. The van der Waals surface area contributed by atoms with Crippen LogP contribution in [0.3, 0.4) is 0 Å². The first-order valence-corrected chi connectivity index (χ1v) is 3.16. The van der Waals surface area contributed by atoms with Crippen LogP contribution in [0.4, 0.5) is 0 Å². The Kier molecular flexibility index (Phi) is 6.80. The smallest absolute Gasteiger partial charge is 0.234 e. The molecule has 52 valence electrons.